The molecule has 3 amide bonds. The number of likely N-dealkylation sites (tertiary alicyclic amines) is 1. The van der Waals surface area contributed by atoms with Gasteiger partial charge in [-0.1, -0.05) is 66.2 Å². The summed E-state index contributed by atoms with van der Waals surface area (Å²) in [6.07, 6.45) is 10.1. The third-order valence-corrected chi connectivity index (χ3v) is 10.9. The number of carbonyl (C=O) groups is 3. The normalized spacial score (nSPS) is 30.8. The SMILES string of the molecule is C[C@@]12C=CCN(c3ccccc3)C(=O)[C@@H]1[C@H]1C(=O)N(CCCCCO)C3C(=O)N(c4ccccc4Cl)CC=C[C@@]31S2. The molecule has 6 rings (SSSR count). The number of nitrogens with zero attached hydrogens (tertiary/aromatic N) is 3. The Morgan fingerprint density at radius 3 is 2.32 bits per heavy atom. The van der Waals surface area contributed by atoms with E-state index in [1.54, 1.807) is 32.5 Å². The summed E-state index contributed by atoms with van der Waals surface area (Å²) in [5.41, 5.74) is 1.39. The summed E-state index contributed by atoms with van der Waals surface area (Å²) < 4.78 is -1.59. The van der Waals surface area contributed by atoms with Crippen LogP contribution in [0.3, 0.4) is 0 Å². The van der Waals surface area contributed by atoms with Gasteiger partial charge in [-0.25, -0.2) is 0 Å². The summed E-state index contributed by atoms with van der Waals surface area (Å²) in [5, 5.41) is 9.78. The molecule has 1 N–H and O–H groups in total. The highest BCUT2D eigenvalue weighted by atomic mass is 35.5. The molecular formula is C32H34ClN3O4S. The van der Waals surface area contributed by atoms with E-state index in [0.29, 0.717) is 43.2 Å². The predicted octanol–water partition coefficient (Wildman–Crippen LogP) is 4.70. The highest BCUT2D eigenvalue weighted by Crippen LogP contribution is 2.65. The van der Waals surface area contributed by atoms with Gasteiger partial charge in [0.1, 0.15) is 6.04 Å². The van der Waals surface area contributed by atoms with E-state index in [1.165, 1.54) is 0 Å². The molecule has 5 atom stereocenters. The van der Waals surface area contributed by atoms with Gasteiger partial charge in [0.25, 0.3) is 5.91 Å². The average molecular weight is 592 g/mol. The largest absolute Gasteiger partial charge is 0.396 e. The van der Waals surface area contributed by atoms with E-state index in [-0.39, 0.29) is 24.3 Å². The second-order valence-corrected chi connectivity index (χ2v) is 13.5. The maximum atomic E-state index is 14.6. The lowest BCUT2D eigenvalue weighted by molar-refractivity contribution is -0.139. The van der Waals surface area contributed by atoms with Crippen molar-refractivity contribution < 1.29 is 19.5 Å². The van der Waals surface area contributed by atoms with Crippen molar-refractivity contribution in [1.82, 2.24) is 4.90 Å². The topological polar surface area (TPSA) is 81.2 Å². The van der Waals surface area contributed by atoms with Crippen LogP contribution in [-0.4, -0.2) is 69.5 Å². The molecule has 0 saturated carbocycles. The number of thioether (sulfide) groups is 1. The van der Waals surface area contributed by atoms with Crippen LogP contribution in [0.2, 0.25) is 5.02 Å². The molecule has 0 bridgehead atoms. The molecule has 2 saturated heterocycles. The van der Waals surface area contributed by atoms with Crippen molar-refractivity contribution in [2.75, 3.05) is 36.0 Å². The van der Waals surface area contributed by atoms with E-state index in [0.717, 1.165) is 12.1 Å². The number of benzene rings is 2. The van der Waals surface area contributed by atoms with E-state index in [2.05, 4.69) is 6.08 Å². The van der Waals surface area contributed by atoms with E-state index < -0.39 is 27.4 Å². The molecule has 2 aromatic rings. The zero-order valence-corrected chi connectivity index (χ0v) is 24.6. The number of aliphatic hydroxyl groups excluding tert-OH is 1. The van der Waals surface area contributed by atoms with Gasteiger partial charge in [-0.2, -0.15) is 0 Å². The van der Waals surface area contributed by atoms with Gasteiger partial charge in [0, 0.05) is 36.7 Å². The maximum Gasteiger partial charge on any atom is 0.251 e. The Bertz CT molecular complexity index is 1420. The van der Waals surface area contributed by atoms with Gasteiger partial charge in [0.15, 0.2) is 0 Å². The van der Waals surface area contributed by atoms with E-state index in [1.807, 2.05) is 73.7 Å². The lowest BCUT2D eigenvalue weighted by Crippen LogP contribution is -2.53. The monoisotopic (exact) mass is 591 g/mol. The summed E-state index contributed by atoms with van der Waals surface area (Å²) in [4.78, 5) is 48.7. The van der Waals surface area contributed by atoms with Crippen LogP contribution in [-0.2, 0) is 14.4 Å². The number of fused-ring (bicyclic) bond motifs is 2. The van der Waals surface area contributed by atoms with Crippen LogP contribution in [0.15, 0.2) is 78.9 Å². The first kappa shape index (κ1) is 28.1. The van der Waals surface area contributed by atoms with Crippen LogP contribution in [0, 0.1) is 11.8 Å². The lowest BCUT2D eigenvalue weighted by atomic mass is 9.74. The Morgan fingerprint density at radius 2 is 1.56 bits per heavy atom. The van der Waals surface area contributed by atoms with Crippen molar-refractivity contribution in [3.8, 4) is 0 Å². The first-order chi connectivity index (χ1) is 19.8. The minimum Gasteiger partial charge on any atom is -0.396 e. The molecule has 1 spiro atoms. The molecule has 4 aliphatic heterocycles. The fraction of sp³-hybridized carbons (Fsp3) is 0.406. The molecule has 0 aromatic heterocycles. The fourth-order valence-corrected chi connectivity index (χ4v) is 9.45. The lowest BCUT2D eigenvalue weighted by Gasteiger charge is -2.37. The number of unbranched alkanes of at least 4 members (excludes halogenated alkanes) is 2. The van der Waals surface area contributed by atoms with Crippen LogP contribution in [0.4, 0.5) is 11.4 Å². The van der Waals surface area contributed by atoms with Crippen LogP contribution in [0.5, 0.6) is 0 Å². The van der Waals surface area contributed by atoms with Crippen molar-refractivity contribution in [1.29, 1.82) is 0 Å². The molecule has 41 heavy (non-hydrogen) atoms. The van der Waals surface area contributed by atoms with E-state index in [4.69, 9.17) is 11.6 Å². The Balaban J connectivity index is 1.45. The van der Waals surface area contributed by atoms with E-state index >= 15 is 0 Å². The molecule has 2 fully saturated rings. The number of hydrogen-bond donors (Lipinski definition) is 1. The average Bonchev–Trinajstić information content (AvgIpc) is 3.23. The second kappa shape index (κ2) is 11.0. The smallest absolute Gasteiger partial charge is 0.251 e. The maximum absolute atomic E-state index is 14.6. The molecule has 214 valence electrons. The number of carbonyl (C=O) groups excluding carboxylic acids is 3. The van der Waals surface area contributed by atoms with Gasteiger partial charge in [-0.15, -0.1) is 11.8 Å². The Hall–Kier alpha value is -3.07. The minimum atomic E-state index is -0.916. The molecule has 9 heteroatoms. The van der Waals surface area contributed by atoms with E-state index in [9.17, 15) is 19.5 Å². The zero-order chi connectivity index (χ0) is 28.8. The van der Waals surface area contributed by atoms with Gasteiger partial charge < -0.3 is 19.8 Å². The first-order valence-corrected chi connectivity index (χ1v) is 15.4. The molecule has 4 heterocycles. The van der Waals surface area contributed by atoms with Gasteiger partial charge >= 0.3 is 0 Å². The number of aliphatic hydroxyl groups is 1. The molecule has 7 nitrogen and oxygen atoms in total. The van der Waals surface area contributed by atoms with Crippen molar-refractivity contribution in [3.05, 3.63) is 83.9 Å². The van der Waals surface area contributed by atoms with Crippen LogP contribution >= 0.6 is 23.4 Å². The Morgan fingerprint density at radius 1 is 0.854 bits per heavy atom. The van der Waals surface area contributed by atoms with Gasteiger partial charge in [0.05, 0.1) is 27.3 Å². The van der Waals surface area contributed by atoms with Crippen molar-refractivity contribution in [2.45, 2.75) is 41.7 Å². The fourth-order valence-electron chi connectivity index (χ4n) is 7.06. The Labute approximate surface area is 249 Å². The third-order valence-electron chi connectivity index (χ3n) is 8.83. The van der Waals surface area contributed by atoms with Crippen molar-refractivity contribution in [2.24, 2.45) is 11.8 Å². The number of rotatable bonds is 7. The van der Waals surface area contributed by atoms with Crippen LogP contribution in [0.1, 0.15) is 26.2 Å². The minimum absolute atomic E-state index is 0.0817. The highest BCUT2D eigenvalue weighted by molar-refractivity contribution is 8.02. The quantitative estimate of drug-likeness (QED) is 0.373. The van der Waals surface area contributed by atoms with Crippen LogP contribution < -0.4 is 9.80 Å². The molecule has 0 radical (unpaired) electrons. The molecule has 2 aromatic carbocycles. The van der Waals surface area contributed by atoms with Crippen molar-refractivity contribution >= 4 is 52.5 Å². The number of anilines is 2. The number of amides is 3. The molecule has 4 aliphatic rings. The van der Waals surface area contributed by atoms with Gasteiger partial charge in [-0.05, 0) is 50.5 Å². The van der Waals surface area contributed by atoms with Crippen LogP contribution in [0.25, 0.3) is 0 Å². The summed E-state index contributed by atoms with van der Waals surface area (Å²) in [6.45, 7) is 3.24. The number of para-hydroxylation sites is 2. The second-order valence-electron chi connectivity index (χ2n) is 11.3. The summed E-state index contributed by atoms with van der Waals surface area (Å²) in [6, 6.07) is 16.0. The highest BCUT2D eigenvalue weighted by Gasteiger charge is 2.74. The molecule has 0 aliphatic carbocycles. The third kappa shape index (κ3) is 4.51. The standard InChI is InChI=1S/C32H34ClN3O4S/c1-31-16-10-19-34(22-12-4-2-5-13-22)28(38)25(31)26-29(39)36(18-8-3-9-21-37)27-30(40)35(20-11-17-32(26,27)41-31)24-15-7-6-14-23(24)33/h2,4-7,10-17,25-27,37H,3,8-9,18-21H2,1H3/t25-,26-,27?,31+,32-/m0/s1. The summed E-state index contributed by atoms with van der Waals surface area (Å²) in [5.74, 6) is -1.79. The van der Waals surface area contributed by atoms with Gasteiger partial charge in [-0.3, -0.25) is 14.4 Å². The molecular weight excluding hydrogens is 558 g/mol. The zero-order valence-electron chi connectivity index (χ0n) is 23.0. The summed E-state index contributed by atoms with van der Waals surface area (Å²) in [7, 11) is 0. The molecule has 1 unspecified atom stereocenters. The predicted molar refractivity (Wildman–Crippen MR) is 163 cm³/mol. The van der Waals surface area contributed by atoms with Crippen molar-refractivity contribution in [3.63, 3.8) is 0 Å². The van der Waals surface area contributed by atoms with Gasteiger partial charge in [0.2, 0.25) is 11.8 Å². The Kier molecular flexibility index (Phi) is 7.51. The number of hydrogen-bond acceptors (Lipinski definition) is 5. The first-order valence-electron chi connectivity index (χ1n) is 14.2. The number of halogens is 1. The summed E-state index contributed by atoms with van der Waals surface area (Å²) >= 11 is 8.14.